The monoisotopic (exact) mass is 515 g/mol. The summed E-state index contributed by atoms with van der Waals surface area (Å²) in [6.45, 7) is 6.40. The van der Waals surface area contributed by atoms with Gasteiger partial charge in [-0.2, -0.15) is 4.98 Å². The number of furan rings is 1. The molecule has 2 N–H and O–H groups in total. The van der Waals surface area contributed by atoms with Gasteiger partial charge in [0, 0.05) is 24.1 Å². The first-order chi connectivity index (χ1) is 18.3. The van der Waals surface area contributed by atoms with Crippen LogP contribution in [0.25, 0.3) is 22.8 Å². The number of rotatable bonds is 9. The molecule has 1 fully saturated rings. The van der Waals surface area contributed by atoms with Gasteiger partial charge in [-0.1, -0.05) is 49.3 Å². The topological polar surface area (TPSA) is 113 Å². The Balaban J connectivity index is 1.20. The van der Waals surface area contributed by atoms with E-state index in [1.165, 1.54) is 0 Å². The number of benzene rings is 2. The molecule has 1 aliphatic heterocycles. The Morgan fingerprint density at radius 1 is 1.08 bits per heavy atom. The van der Waals surface area contributed by atoms with Gasteiger partial charge in [0.05, 0.1) is 11.7 Å². The van der Waals surface area contributed by atoms with Crippen LogP contribution in [0.4, 0.5) is 0 Å². The third-order valence-electron chi connectivity index (χ3n) is 7.36. The Bertz CT molecular complexity index is 1370. The van der Waals surface area contributed by atoms with Crippen molar-refractivity contribution in [1.29, 1.82) is 0 Å². The van der Waals surface area contributed by atoms with Crippen LogP contribution in [0, 0.1) is 11.3 Å². The number of likely N-dealkylation sites (tertiary alicyclic amines) is 1. The van der Waals surface area contributed by atoms with E-state index in [-0.39, 0.29) is 5.75 Å². The molecule has 8 heteroatoms. The zero-order valence-electron chi connectivity index (χ0n) is 21.8. The van der Waals surface area contributed by atoms with Crippen molar-refractivity contribution in [3.63, 3.8) is 0 Å². The minimum absolute atomic E-state index is 0.236. The summed E-state index contributed by atoms with van der Waals surface area (Å²) in [5.41, 5.74) is 2.78. The van der Waals surface area contributed by atoms with Gasteiger partial charge in [0.2, 0.25) is 5.82 Å². The van der Waals surface area contributed by atoms with Crippen molar-refractivity contribution in [1.82, 2.24) is 15.0 Å². The number of carboxylic acids is 1. The number of aromatic nitrogens is 2. The molecule has 4 aromatic rings. The predicted octanol–water partition coefficient (Wildman–Crippen LogP) is 5.81. The highest BCUT2D eigenvalue weighted by atomic mass is 16.5. The largest absolute Gasteiger partial charge is 0.508 e. The zero-order valence-corrected chi connectivity index (χ0v) is 21.8. The third-order valence-corrected chi connectivity index (χ3v) is 7.36. The van der Waals surface area contributed by atoms with E-state index < -0.39 is 11.4 Å². The van der Waals surface area contributed by atoms with E-state index in [2.05, 4.69) is 28.9 Å². The Labute approximate surface area is 221 Å². The number of aromatic hydroxyl groups is 1. The Morgan fingerprint density at radius 3 is 2.45 bits per heavy atom. The SMILES string of the molecule is CC(C)Cc1ccc(-c2nc(-c3ccc(CN4CCC(Cc5ccco5)(C(=O)O)CC4)cc3)no2)cc1O. The number of hydrogen-bond donors (Lipinski definition) is 2. The van der Waals surface area contributed by atoms with Gasteiger partial charge in [0.15, 0.2) is 0 Å². The van der Waals surface area contributed by atoms with Gasteiger partial charge in [-0.25, -0.2) is 0 Å². The van der Waals surface area contributed by atoms with Crippen molar-refractivity contribution in [3.8, 4) is 28.6 Å². The Hall–Kier alpha value is -3.91. The molecule has 8 nitrogen and oxygen atoms in total. The molecule has 5 rings (SSSR count). The van der Waals surface area contributed by atoms with Gasteiger partial charge in [-0.15, -0.1) is 0 Å². The third kappa shape index (κ3) is 5.65. The number of piperidine rings is 1. The van der Waals surface area contributed by atoms with Gasteiger partial charge in [-0.3, -0.25) is 9.69 Å². The summed E-state index contributed by atoms with van der Waals surface area (Å²) in [7, 11) is 0. The van der Waals surface area contributed by atoms with E-state index in [0.717, 1.165) is 35.4 Å². The molecule has 3 heterocycles. The van der Waals surface area contributed by atoms with Crippen molar-refractivity contribution >= 4 is 5.97 Å². The molecule has 0 saturated carbocycles. The first-order valence-corrected chi connectivity index (χ1v) is 13.0. The van der Waals surface area contributed by atoms with Crippen molar-refractivity contribution in [2.75, 3.05) is 13.1 Å². The minimum Gasteiger partial charge on any atom is -0.508 e. The number of hydrogen-bond acceptors (Lipinski definition) is 7. The van der Waals surface area contributed by atoms with Crippen LogP contribution in [0.15, 0.2) is 69.8 Å². The maximum absolute atomic E-state index is 12.1. The predicted molar refractivity (Wildman–Crippen MR) is 142 cm³/mol. The molecule has 0 spiro atoms. The number of phenolic OH excluding ortho intramolecular Hbond substituents is 1. The smallest absolute Gasteiger partial charge is 0.310 e. The van der Waals surface area contributed by atoms with Gasteiger partial charge >= 0.3 is 5.97 Å². The number of nitrogens with zero attached hydrogens (tertiary/aromatic N) is 3. The summed E-state index contributed by atoms with van der Waals surface area (Å²) < 4.78 is 10.9. The molecule has 0 radical (unpaired) electrons. The van der Waals surface area contributed by atoms with Gasteiger partial charge in [-0.05, 0) is 73.7 Å². The first kappa shape index (κ1) is 25.7. The highest BCUT2D eigenvalue weighted by molar-refractivity contribution is 5.75. The quantitative estimate of drug-likeness (QED) is 0.287. The maximum atomic E-state index is 12.1. The highest BCUT2D eigenvalue weighted by Gasteiger charge is 2.42. The molecule has 2 aromatic heterocycles. The molecular formula is C30H33N3O5. The molecule has 0 atom stereocenters. The fourth-order valence-corrected chi connectivity index (χ4v) is 5.14. The molecule has 1 saturated heterocycles. The second kappa shape index (κ2) is 10.8. The fraction of sp³-hybridized carbons (Fsp3) is 0.367. The van der Waals surface area contributed by atoms with Crippen LogP contribution in [0.1, 0.15) is 43.6 Å². The molecule has 0 unspecified atom stereocenters. The lowest BCUT2D eigenvalue weighted by Gasteiger charge is -2.38. The Kier molecular flexibility index (Phi) is 7.33. The van der Waals surface area contributed by atoms with E-state index in [1.54, 1.807) is 18.4 Å². The van der Waals surface area contributed by atoms with Crippen LogP contribution in [0.3, 0.4) is 0 Å². The van der Waals surface area contributed by atoms with Crippen molar-refractivity contribution in [3.05, 3.63) is 77.7 Å². The van der Waals surface area contributed by atoms with Crippen LogP contribution in [-0.4, -0.2) is 44.3 Å². The summed E-state index contributed by atoms with van der Waals surface area (Å²) in [5.74, 6) is 1.50. The lowest BCUT2D eigenvalue weighted by Crippen LogP contribution is -2.45. The number of aliphatic carboxylic acids is 1. The minimum atomic E-state index is -0.778. The van der Waals surface area contributed by atoms with Crippen molar-refractivity contribution < 1.29 is 23.9 Å². The molecule has 0 aliphatic carbocycles. The van der Waals surface area contributed by atoms with E-state index >= 15 is 0 Å². The molecule has 0 bridgehead atoms. The van der Waals surface area contributed by atoms with E-state index in [4.69, 9.17) is 8.94 Å². The maximum Gasteiger partial charge on any atom is 0.310 e. The average Bonchev–Trinajstić information content (AvgIpc) is 3.59. The normalized spacial score (nSPS) is 15.7. The van der Waals surface area contributed by atoms with E-state index in [9.17, 15) is 15.0 Å². The highest BCUT2D eigenvalue weighted by Crippen LogP contribution is 2.36. The summed E-state index contributed by atoms with van der Waals surface area (Å²) >= 11 is 0. The number of carboxylic acid groups (broad SMARTS) is 1. The number of phenols is 1. The van der Waals surface area contributed by atoms with E-state index in [0.29, 0.717) is 55.5 Å². The number of carbonyl (C=O) groups is 1. The summed E-state index contributed by atoms with van der Waals surface area (Å²) in [4.78, 5) is 18.9. The Morgan fingerprint density at radius 2 is 1.82 bits per heavy atom. The molecule has 2 aromatic carbocycles. The van der Waals surface area contributed by atoms with Gasteiger partial charge in [0.25, 0.3) is 5.89 Å². The van der Waals surface area contributed by atoms with E-state index in [1.807, 2.05) is 42.5 Å². The van der Waals surface area contributed by atoms with Crippen molar-refractivity contribution in [2.24, 2.45) is 11.3 Å². The van der Waals surface area contributed by atoms with Crippen LogP contribution in [0.2, 0.25) is 0 Å². The van der Waals surface area contributed by atoms with Crippen molar-refractivity contribution in [2.45, 2.75) is 46.1 Å². The standard InChI is InChI=1S/C30H33N3O5/c1-20(2)16-23-9-10-24(17-26(23)34)28-31-27(32-38-28)22-7-5-21(6-8-22)19-33-13-11-30(12-14-33,29(35)36)18-25-4-3-15-37-25/h3-10,15,17,20,34H,11-14,16,18-19H2,1-2H3,(H,35,36). The lowest BCUT2D eigenvalue weighted by atomic mass is 9.75. The summed E-state index contributed by atoms with van der Waals surface area (Å²) in [6.07, 6.45) is 3.99. The molecular weight excluding hydrogens is 482 g/mol. The molecule has 38 heavy (non-hydrogen) atoms. The van der Waals surface area contributed by atoms with Crippen LogP contribution in [-0.2, 0) is 24.2 Å². The second-order valence-corrected chi connectivity index (χ2v) is 10.7. The lowest BCUT2D eigenvalue weighted by molar-refractivity contribution is -0.152. The van der Waals surface area contributed by atoms with Gasteiger partial charge < -0.3 is 19.2 Å². The van der Waals surface area contributed by atoms with Crippen LogP contribution < -0.4 is 0 Å². The second-order valence-electron chi connectivity index (χ2n) is 10.7. The summed E-state index contributed by atoms with van der Waals surface area (Å²) in [5, 5.41) is 24.4. The van der Waals surface area contributed by atoms with Crippen LogP contribution in [0.5, 0.6) is 5.75 Å². The van der Waals surface area contributed by atoms with Gasteiger partial charge in [0.1, 0.15) is 11.5 Å². The molecule has 1 aliphatic rings. The average molecular weight is 516 g/mol. The molecule has 0 amide bonds. The van der Waals surface area contributed by atoms with Crippen LogP contribution >= 0.6 is 0 Å². The molecule has 198 valence electrons. The summed E-state index contributed by atoms with van der Waals surface area (Å²) in [6, 6.07) is 17.1. The zero-order chi connectivity index (χ0) is 26.7. The first-order valence-electron chi connectivity index (χ1n) is 13.0. The fourth-order valence-electron chi connectivity index (χ4n) is 5.14.